The number of benzene rings is 6. The Bertz CT molecular complexity index is 1850. The van der Waals surface area contributed by atoms with Crippen molar-refractivity contribution in [3.8, 4) is 33.4 Å². The van der Waals surface area contributed by atoms with Crippen LogP contribution in [0.25, 0.3) is 55.2 Å². The Morgan fingerprint density at radius 2 is 0.895 bits per heavy atom. The second-order valence-corrected chi connectivity index (χ2v) is 9.51. The normalized spacial score (nSPS) is 11.2. The smallest absolute Gasteiger partial charge is 0.0717 e. The minimum absolute atomic E-state index is 1.05. The highest BCUT2D eigenvalue weighted by Crippen LogP contribution is 2.51. The zero-order valence-electron chi connectivity index (χ0n) is 20.9. The molecule has 7 rings (SSSR count). The highest BCUT2D eigenvalue weighted by molar-refractivity contribution is 6.25. The van der Waals surface area contributed by atoms with Crippen molar-refractivity contribution in [1.82, 2.24) is 4.98 Å². The lowest BCUT2D eigenvalue weighted by molar-refractivity contribution is 1.49. The van der Waals surface area contributed by atoms with E-state index in [0.29, 0.717) is 0 Å². The van der Waals surface area contributed by atoms with E-state index in [1.54, 1.807) is 0 Å². The average molecular weight is 487 g/mol. The molecule has 2 heteroatoms. The molecule has 0 fully saturated rings. The number of H-pyrrole nitrogens is 1. The molecular formula is C36H26N2. The molecule has 7 aromatic rings. The Morgan fingerprint density at radius 1 is 0.421 bits per heavy atom. The Morgan fingerprint density at radius 3 is 1.50 bits per heavy atom. The quantitative estimate of drug-likeness (QED) is 0.249. The number of para-hydroxylation sites is 2. The molecule has 0 atom stereocenters. The molecule has 0 aliphatic heterocycles. The number of hydrogen-bond acceptors (Lipinski definition) is 1. The molecule has 2 N–H and O–H groups in total. The van der Waals surface area contributed by atoms with Crippen molar-refractivity contribution in [3.05, 3.63) is 146 Å². The maximum absolute atomic E-state index is 3.83. The average Bonchev–Trinajstić information content (AvgIpc) is 3.38. The van der Waals surface area contributed by atoms with Crippen LogP contribution >= 0.6 is 0 Å². The van der Waals surface area contributed by atoms with Crippen LogP contribution in [0.3, 0.4) is 0 Å². The number of nitrogens with one attached hydrogen (secondary N) is 2. The van der Waals surface area contributed by atoms with Crippen molar-refractivity contribution in [2.24, 2.45) is 0 Å². The SMILES string of the molecule is c1ccc(Nc2c(-c3ccccc3)c(-c3ccccc3)c(-c3ccccc3)c3c2[nH]c2ccccc23)cc1. The molecule has 180 valence electrons. The summed E-state index contributed by atoms with van der Waals surface area (Å²) in [5.41, 5.74) is 11.6. The molecule has 0 radical (unpaired) electrons. The van der Waals surface area contributed by atoms with Gasteiger partial charge in [-0.25, -0.2) is 0 Å². The van der Waals surface area contributed by atoms with Gasteiger partial charge in [0.25, 0.3) is 0 Å². The number of anilines is 2. The molecule has 0 aliphatic rings. The highest BCUT2D eigenvalue weighted by atomic mass is 14.9. The van der Waals surface area contributed by atoms with E-state index in [9.17, 15) is 0 Å². The summed E-state index contributed by atoms with van der Waals surface area (Å²) in [6, 6.07) is 51.4. The summed E-state index contributed by atoms with van der Waals surface area (Å²) in [6.45, 7) is 0. The van der Waals surface area contributed by atoms with Gasteiger partial charge in [0.2, 0.25) is 0 Å². The second kappa shape index (κ2) is 9.42. The first kappa shape index (κ1) is 22.1. The number of aromatic amines is 1. The third kappa shape index (κ3) is 3.75. The van der Waals surface area contributed by atoms with Crippen LogP contribution in [0.2, 0.25) is 0 Å². The standard InChI is InChI=1S/C36H26N2/c1-5-15-25(16-6-1)31-32(26-17-7-2-8-18-26)34-29-23-13-14-24-30(29)38-36(34)35(37-28-21-11-4-12-22-28)33(31)27-19-9-3-10-20-27/h1-24,37-38H. The molecular weight excluding hydrogens is 460 g/mol. The lowest BCUT2D eigenvalue weighted by atomic mass is 9.83. The van der Waals surface area contributed by atoms with Crippen LogP contribution in [0.5, 0.6) is 0 Å². The van der Waals surface area contributed by atoms with Crippen LogP contribution < -0.4 is 5.32 Å². The largest absolute Gasteiger partial charge is 0.353 e. The van der Waals surface area contributed by atoms with Gasteiger partial charge in [-0.1, -0.05) is 127 Å². The monoisotopic (exact) mass is 486 g/mol. The van der Waals surface area contributed by atoms with E-state index in [2.05, 4.69) is 156 Å². The van der Waals surface area contributed by atoms with Crippen LogP contribution in [0.15, 0.2) is 146 Å². The Labute approximate surface area is 222 Å². The Kier molecular flexibility index (Phi) is 5.49. The van der Waals surface area contributed by atoms with Crippen LogP contribution in [-0.4, -0.2) is 4.98 Å². The summed E-state index contributed by atoms with van der Waals surface area (Å²) in [5.74, 6) is 0. The molecule has 2 nitrogen and oxygen atoms in total. The predicted octanol–water partition coefficient (Wildman–Crippen LogP) is 10.1. The molecule has 0 amide bonds. The second-order valence-electron chi connectivity index (χ2n) is 9.51. The lowest BCUT2D eigenvalue weighted by Crippen LogP contribution is -2.00. The number of rotatable bonds is 5. The van der Waals surface area contributed by atoms with E-state index in [1.807, 2.05) is 0 Å². The molecule has 0 bridgehead atoms. The molecule has 0 saturated heterocycles. The zero-order valence-corrected chi connectivity index (χ0v) is 20.9. The van der Waals surface area contributed by atoms with E-state index in [4.69, 9.17) is 0 Å². The van der Waals surface area contributed by atoms with Crippen molar-refractivity contribution < 1.29 is 0 Å². The molecule has 6 aromatic carbocycles. The van der Waals surface area contributed by atoms with Crippen molar-refractivity contribution in [2.45, 2.75) is 0 Å². The van der Waals surface area contributed by atoms with Crippen LogP contribution in [0.4, 0.5) is 11.4 Å². The summed E-state index contributed by atoms with van der Waals surface area (Å²) in [4.78, 5) is 3.80. The molecule has 0 aliphatic carbocycles. The number of aromatic nitrogens is 1. The van der Waals surface area contributed by atoms with Gasteiger partial charge in [-0.2, -0.15) is 0 Å². The molecule has 38 heavy (non-hydrogen) atoms. The molecule has 1 aromatic heterocycles. The van der Waals surface area contributed by atoms with Crippen molar-refractivity contribution in [1.29, 1.82) is 0 Å². The third-order valence-electron chi connectivity index (χ3n) is 7.19. The Hall–Kier alpha value is -5.08. The summed E-state index contributed by atoms with van der Waals surface area (Å²) in [5, 5.41) is 6.28. The predicted molar refractivity (Wildman–Crippen MR) is 162 cm³/mol. The minimum Gasteiger partial charge on any atom is -0.353 e. The van der Waals surface area contributed by atoms with Crippen LogP contribution in [-0.2, 0) is 0 Å². The zero-order chi connectivity index (χ0) is 25.3. The van der Waals surface area contributed by atoms with Gasteiger partial charge in [-0.3, -0.25) is 0 Å². The summed E-state index contributed by atoms with van der Waals surface area (Å²) in [6.07, 6.45) is 0. The third-order valence-corrected chi connectivity index (χ3v) is 7.19. The van der Waals surface area contributed by atoms with Gasteiger partial charge in [0.05, 0.1) is 11.2 Å². The molecule has 0 saturated carbocycles. The minimum atomic E-state index is 1.05. The van der Waals surface area contributed by atoms with Gasteiger partial charge in [-0.05, 0) is 34.9 Å². The topological polar surface area (TPSA) is 27.8 Å². The maximum atomic E-state index is 3.83. The first-order chi connectivity index (χ1) is 18.9. The number of fused-ring (bicyclic) bond motifs is 3. The summed E-state index contributed by atoms with van der Waals surface area (Å²) < 4.78 is 0. The van der Waals surface area contributed by atoms with E-state index >= 15 is 0 Å². The van der Waals surface area contributed by atoms with E-state index < -0.39 is 0 Å². The van der Waals surface area contributed by atoms with Crippen molar-refractivity contribution >= 4 is 33.2 Å². The van der Waals surface area contributed by atoms with Gasteiger partial charge in [0, 0.05) is 38.7 Å². The fourth-order valence-corrected chi connectivity index (χ4v) is 5.56. The maximum Gasteiger partial charge on any atom is 0.0717 e. The van der Waals surface area contributed by atoms with E-state index in [1.165, 1.54) is 44.2 Å². The van der Waals surface area contributed by atoms with E-state index in [-0.39, 0.29) is 0 Å². The fourth-order valence-electron chi connectivity index (χ4n) is 5.56. The summed E-state index contributed by atoms with van der Waals surface area (Å²) >= 11 is 0. The van der Waals surface area contributed by atoms with Gasteiger partial charge in [0.1, 0.15) is 0 Å². The van der Waals surface area contributed by atoms with Gasteiger partial charge in [-0.15, -0.1) is 0 Å². The van der Waals surface area contributed by atoms with E-state index in [0.717, 1.165) is 22.4 Å². The fraction of sp³-hybridized carbons (Fsp3) is 0. The van der Waals surface area contributed by atoms with Gasteiger partial charge in [0.15, 0.2) is 0 Å². The van der Waals surface area contributed by atoms with Crippen molar-refractivity contribution in [2.75, 3.05) is 5.32 Å². The Balaban J connectivity index is 1.74. The van der Waals surface area contributed by atoms with Crippen molar-refractivity contribution in [3.63, 3.8) is 0 Å². The van der Waals surface area contributed by atoms with Gasteiger partial charge >= 0.3 is 0 Å². The molecule has 0 spiro atoms. The van der Waals surface area contributed by atoms with Gasteiger partial charge < -0.3 is 10.3 Å². The highest BCUT2D eigenvalue weighted by Gasteiger charge is 2.25. The lowest BCUT2D eigenvalue weighted by Gasteiger charge is -2.23. The number of hydrogen-bond donors (Lipinski definition) is 2. The first-order valence-electron chi connectivity index (χ1n) is 13.0. The molecule has 0 unspecified atom stereocenters. The molecule has 1 heterocycles. The van der Waals surface area contributed by atoms with Crippen LogP contribution in [0.1, 0.15) is 0 Å². The van der Waals surface area contributed by atoms with Crippen LogP contribution in [0, 0.1) is 0 Å². The first-order valence-corrected chi connectivity index (χ1v) is 13.0. The summed E-state index contributed by atoms with van der Waals surface area (Å²) in [7, 11) is 0.